The first-order valence-corrected chi connectivity index (χ1v) is 9.36. The zero-order valence-corrected chi connectivity index (χ0v) is 15.6. The van der Waals surface area contributed by atoms with Crippen LogP contribution in [-0.2, 0) is 11.3 Å². The van der Waals surface area contributed by atoms with E-state index >= 15 is 0 Å². The van der Waals surface area contributed by atoms with Crippen LogP contribution in [0.4, 0.5) is 16.3 Å². The van der Waals surface area contributed by atoms with Crippen molar-refractivity contribution in [2.45, 2.75) is 32.4 Å². The Hall–Kier alpha value is -3.19. The molecule has 1 saturated heterocycles. The molecule has 144 valence electrons. The normalized spacial score (nSPS) is 16.2. The number of ether oxygens (including phenoxy) is 1. The smallest absolute Gasteiger partial charge is 0.349 e. The Balaban J connectivity index is 1.67. The quantitative estimate of drug-likeness (QED) is 0.727. The Morgan fingerprint density at radius 3 is 2.71 bits per heavy atom. The van der Waals surface area contributed by atoms with Crippen LogP contribution in [0.15, 0.2) is 53.3 Å². The van der Waals surface area contributed by atoms with E-state index in [9.17, 15) is 9.59 Å². The van der Waals surface area contributed by atoms with E-state index in [-0.39, 0.29) is 6.10 Å². The van der Waals surface area contributed by atoms with E-state index < -0.39 is 11.7 Å². The van der Waals surface area contributed by atoms with Crippen LogP contribution in [0.2, 0.25) is 0 Å². The Kier molecular flexibility index (Phi) is 5.08. The first-order chi connectivity index (χ1) is 13.6. The third-order valence-corrected chi connectivity index (χ3v) is 4.83. The summed E-state index contributed by atoms with van der Waals surface area (Å²) in [4.78, 5) is 29.4. The molecular weight excluding hydrogens is 356 g/mol. The van der Waals surface area contributed by atoms with Crippen LogP contribution < -0.4 is 16.3 Å². The van der Waals surface area contributed by atoms with E-state index in [1.54, 1.807) is 6.07 Å². The van der Waals surface area contributed by atoms with Gasteiger partial charge in [-0.2, -0.15) is 4.98 Å². The van der Waals surface area contributed by atoms with Crippen molar-refractivity contribution >= 4 is 28.4 Å². The predicted molar refractivity (Wildman–Crippen MR) is 109 cm³/mol. The molecule has 3 aromatic rings. The standard InChI is InChI=1S/C21H22N4O3/c1-14-8-10-15(11-9-14)22-20(26)24-19-17-6-2-3-7-18(17)23-21(27)25(19)13-16-5-4-12-28-16/h2-3,6-11,16H,4-5,12-13H2,1H3,(H2,22,24,26)/t16-/m0/s1. The van der Waals surface area contributed by atoms with E-state index in [4.69, 9.17) is 4.74 Å². The molecule has 1 fully saturated rings. The molecule has 7 heteroatoms. The molecule has 28 heavy (non-hydrogen) atoms. The molecule has 0 saturated carbocycles. The fraction of sp³-hybridized carbons (Fsp3) is 0.286. The van der Waals surface area contributed by atoms with Gasteiger partial charge in [0.2, 0.25) is 0 Å². The lowest BCUT2D eigenvalue weighted by atomic mass is 10.2. The number of carbonyl (C=O) groups excluding carboxylic acids is 1. The number of hydrogen-bond acceptors (Lipinski definition) is 4. The highest BCUT2D eigenvalue weighted by atomic mass is 16.5. The summed E-state index contributed by atoms with van der Waals surface area (Å²) in [5.41, 5.74) is 1.92. The van der Waals surface area contributed by atoms with Crippen LogP contribution in [-0.4, -0.2) is 28.3 Å². The number of hydrogen-bond donors (Lipinski definition) is 2. The van der Waals surface area contributed by atoms with Gasteiger partial charge in [0.25, 0.3) is 0 Å². The second-order valence-electron chi connectivity index (χ2n) is 6.95. The molecule has 0 spiro atoms. The predicted octanol–water partition coefficient (Wildman–Crippen LogP) is 3.53. The number of carbonyl (C=O) groups is 1. The second-order valence-corrected chi connectivity index (χ2v) is 6.95. The molecule has 0 unspecified atom stereocenters. The van der Waals surface area contributed by atoms with Gasteiger partial charge in [-0.25, -0.2) is 9.59 Å². The highest BCUT2D eigenvalue weighted by molar-refractivity contribution is 6.04. The number of nitrogens with zero attached hydrogens (tertiary/aromatic N) is 2. The summed E-state index contributed by atoms with van der Waals surface area (Å²) >= 11 is 0. The number of amides is 2. The van der Waals surface area contributed by atoms with Gasteiger partial charge in [0.1, 0.15) is 5.82 Å². The van der Waals surface area contributed by atoms with Crippen molar-refractivity contribution in [1.82, 2.24) is 9.55 Å². The maximum absolute atomic E-state index is 12.6. The van der Waals surface area contributed by atoms with Crippen LogP contribution in [0.25, 0.3) is 10.9 Å². The fourth-order valence-corrected chi connectivity index (χ4v) is 3.38. The number of aryl methyl sites for hydroxylation is 1. The van der Waals surface area contributed by atoms with Gasteiger partial charge in [0.15, 0.2) is 0 Å². The van der Waals surface area contributed by atoms with Crippen molar-refractivity contribution in [2.75, 3.05) is 17.2 Å². The minimum atomic E-state index is -0.416. The van der Waals surface area contributed by atoms with Crippen molar-refractivity contribution in [3.8, 4) is 0 Å². The lowest BCUT2D eigenvalue weighted by molar-refractivity contribution is 0.0964. The fourth-order valence-electron chi connectivity index (χ4n) is 3.38. The van der Waals surface area contributed by atoms with E-state index in [1.807, 2.05) is 49.4 Å². The molecular formula is C21H22N4O3. The van der Waals surface area contributed by atoms with Crippen LogP contribution in [0.3, 0.4) is 0 Å². The molecule has 0 bridgehead atoms. The first kappa shape index (κ1) is 18.2. The SMILES string of the molecule is Cc1ccc(NC(=O)Nc2c3ccccc3nc(=O)n2C[C@@H]2CCCO2)cc1. The summed E-state index contributed by atoms with van der Waals surface area (Å²) in [6.07, 6.45) is 1.80. The van der Waals surface area contributed by atoms with E-state index in [1.165, 1.54) is 4.57 Å². The highest BCUT2D eigenvalue weighted by Crippen LogP contribution is 2.23. The Morgan fingerprint density at radius 1 is 1.18 bits per heavy atom. The second kappa shape index (κ2) is 7.82. The Bertz CT molecular complexity index is 1050. The van der Waals surface area contributed by atoms with Crippen LogP contribution >= 0.6 is 0 Å². The van der Waals surface area contributed by atoms with Gasteiger partial charge in [0.05, 0.1) is 18.2 Å². The minimum Gasteiger partial charge on any atom is -0.376 e. The van der Waals surface area contributed by atoms with Crippen molar-refractivity contribution < 1.29 is 9.53 Å². The minimum absolute atomic E-state index is 0.0543. The summed E-state index contributed by atoms with van der Waals surface area (Å²) in [5, 5.41) is 6.36. The van der Waals surface area contributed by atoms with E-state index in [2.05, 4.69) is 15.6 Å². The number of benzene rings is 2. The van der Waals surface area contributed by atoms with Gasteiger partial charge in [-0.05, 0) is 44.0 Å². The Morgan fingerprint density at radius 2 is 1.96 bits per heavy atom. The number of rotatable bonds is 4. The summed E-state index contributed by atoms with van der Waals surface area (Å²) in [6, 6.07) is 14.4. The molecule has 2 heterocycles. The van der Waals surface area contributed by atoms with Gasteiger partial charge < -0.3 is 10.1 Å². The van der Waals surface area contributed by atoms with Gasteiger partial charge in [-0.3, -0.25) is 9.88 Å². The molecule has 1 aliphatic heterocycles. The number of fused-ring (bicyclic) bond motifs is 1. The lowest BCUT2D eigenvalue weighted by Gasteiger charge is -2.18. The molecule has 7 nitrogen and oxygen atoms in total. The summed E-state index contributed by atoms with van der Waals surface area (Å²) in [7, 11) is 0. The molecule has 1 aliphatic rings. The summed E-state index contributed by atoms with van der Waals surface area (Å²) in [6.45, 7) is 3.03. The molecule has 4 rings (SSSR count). The molecule has 1 atom stereocenters. The molecule has 1 aromatic heterocycles. The molecule has 2 N–H and O–H groups in total. The maximum Gasteiger partial charge on any atom is 0.349 e. The number of aromatic nitrogens is 2. The van der Waals surface area contributed by atoms with Crippen molar-refractivity contribution in [1.29, 1.82) is 0 Å². The number of para-hydroxylation sites is 1. The van der Waals surface area contributed by atoms with Gasteiger partial charge >= 0.3 is 11.7 Å². The van der Waals surface area contributed by atoms with Crippen molar-refractivity contribution in [3.63, 3.8) is 0 Å². The van der Waals surface area contributed by atoms with Crippen molar-refractivity contribution in [3.05, 3.63) is 64.6 Å². The zero-order chi connectivity index (χ0) is 19.5. The maximum atomic E-state index is 12.6. The molecule has 2 amide bonds. The number of nitrogens with one attached hydrogen (secondary N) is 2. The Labute approximate surface area is 162 Å². The molecule has 0 aliphatic carbocycles. The van der Waals surface area contributed by atoms with Crippen molar-refractivity contribution in [2.24, 2.45) is 0 Å². The van der Waals surface area contributed by atoms with Gasteiger partial charge in [-0.15, -0.1) is 0 Å². The lowest BCUT2D eigenvalue weighted by Crippen LogP contribution is -2.33. The topological polar surface area (TPSA) is 85.3 Å². The largest absolute Gasteiger partial charge is 0.376 e. The van der Waals surface area contributed by atoms with Crippen LogP contribution in [0, 0.1) is 6.92 Å². The monoisotopic (exact) mass is 378 g/mol. The summed E-state index contributed by atoms with van der Waals surface area (Å²) < 4.78 is 7.17. The third kappa shape index (κ3) is 3.89. The van der Waals surface area contributed by atoms with E-state index in [0.29, 0.717) is 35.6 Å². The summed E-state index contributed by atoms with van der Waals surface area (Å²) in [5.74, 6) is 0.427. The van der Waals surface area contributed by atoms with Crippen LogP contribution in [0.1, 0.15) is 18.4 Å². The highest BCUT2D eigenvalue weighted by Gasteiger charge is 2.21. The molecule has 0 radical (unpaired) electrons. The van der Waals surface area contributed by atoms with E-state index in [0.717, 1.165) is 18.4 Å². The first-order valence-electron chi connectivity index (χ1n) is 9.36. The van der Waals surface area contributed by atoms with Gasteiger partial charge in [-0.1, -0.05) is 29.8 Å². The number of anilines is 2. The number of urea groups is 1. The molecule has 2 aromatic carbocycles. The zero-order valence-electron chi connectivity index (χ0n) is 15.6. The average Bonchev–Trinajstić information content (AvgIpc) is 3.19. The van der Waals surface area contributed by atoms with Gasteiger partial charge in [0, 0.05) is 17.7 Å². The average molecular weight is 378 g/mol. The third-order valence-electron chi connectivity index (χ3n) is 4.83. The van der Waals surface area contributed by atoms with Crippen LogP contribution in [0.5, 0.6) is 0 Å².